The van der Waals surface area contributed by atoms with Gasteiger partial charge in [0.25, 0.3) is 0 Å². The highest BCUT2D eigenvalue weighted by Crippen LogP contribution is 2.15. The number of rotatable bonds is 6. The van der Waals surface area contributed by atoms with E-state index < -0.39 is 0 Å². The van der Waals surface area contributed by atoms with Crippen LogP contribution in [0.4, 0.5) is 0 Å². The topological polar surface area (TPSA) is 15.3 Å². The minimum Gasteiger partial charge on any atom is -0.315 e. The molecule has 1 aliphatic rings. The maximum atomic E-state index is 3.55. The highest BCUT2D eigenvalue weighted by Gasteiger charge is 2.14. The Kier molecular flexibility index (Phi) is 5.49. The summed E-state index contributed by atoms with van der Waals surface area (Å²) in [5.74, 6) is 0.942. The second-order valence-electron chi connectivity index (χ2n) is 5.16. The normalized spacial score (nSPS) is 18.6. The second kappa shape index (κ2) is 7.14. The summed E-state index contributed by atoms with van der Waals surface area (Å²) in [6, 6.07) is 2.22. The van der Waals surface area contributed by atoms with Crippen molar-refractivity contribution in [2.75, 3.05) is 32.7 Å². The van der Waals surface area contributed by atoms with E-state index in [4.69, 9.17) is 0 Å². The molecular formula is C14H24N2S. The zero-order chi connectivity index (χ0) is 11.9. The zero-order valence-corrected chi connectivity index (χ0v) is 11.6. The fraction of sp³-hybridized carbons (Fsp3) is 0.714. The van der Waals surface area contributed by atoms with Crippen LogP contribution in [-0.2, 0) is 6.42 Å². The molecule has 96 valence electrons. The van der Waals surface area contributed by atoms with Gasteiger partial charge in [0.2, 0.25) is 0 Å². The molecule has 1 saturated heterocycles. The van der Waals surface area contributed by atoms with Crippen molar-refractivity contribution in [3.8, 4) is 0 Å². The Morgan fingerprint density at radius 3 is 2.88 bits per heavy atom. The predicted molar refractivity (Wildman–Crippen MR) is 75.7 cm³/mol. The summed E-state index contributed by atoms with van der Waals surface area (Å²) in [6.45, 7) is 8.44. The second-order valence-corrected chi connectivity index (χ2v) is 5.94. The number of hydrogen-bond acceptors (Lipinski definition) is 3. The van der Waals surface area contributed by atoms with E-state index in [0.717, 1.165) is 19.0 Å². The lowest BCUT2D eigenvalue weighted by Gasteiger charge is -2.30. The number of nitrogens with one attached hydrogen (secondary N) is 1. The van der Waals surface area contributed by atoms with Crippen LogP contribution in [0.2, 0.25) is 0 Å². The van der Waals surface area contributed by atoms with E-state index >= 15 is 0 Å². The van der Waals surface area contributed by atoms with Crippen LogP contribution in [0.15, 0.2) is 16.8 Å². The van der Waals surface area contributed by atoms with Crippen LogP contribution >= 0.6 is 11.3 Å². The summed E-state index contributed by atoms with van der Waals surface area (Å²) < 4.78 is 0. The van der Waals surface area contributed by atoms with Crippen LogP contribution in [0.5, 0.6) is 0 Å². The van der Waals surface area contributed by atoms with Gasteiger partial charge in [0, 0.05) is 13.1 Å². The van der Waals surface area contributed by atoms with Gasteiger partial charge in [-0.05, 0) is 67.2 Å². The minimum absolute atomic E-state index is 0.942. The number of likely N-dealkylation sites (tertiary alicyclic amines) is 1. The fourth-order valence-corrected chi connectivity index (χ4v) is 3.02. The molecule has 0 bridgehead atoms. The first-order valence-corrected chi connectivity index (χ1v) is 7.73. The van der Waals surface area contributed by atoms with Crippen molar-refractivity contribution in [1.82, 2.24) is 10.2 Å². The van der Waals surface area contributed by atoms with Crippen molar-refractivity contribution in [2.24, 2.45) is 5.92 Å². The summed E-state index contributed by atoms with van der Waals surface area (Å²) in [6.07, 6.45) is 3.93. The summed E-state index contributed by atoms with van der Waals surface area (Å²) in [4.78, 5) is 2.59. The van der Waals surface area contributed by atoms with Gasteiger partial charge in [-0.15, -0.1) is 0 Å². The third kappa shape index (κ3) is 4.78. The van der Waals surface area contributed by atoms with Gasteiger partial charge >= 0.3 is 0 Å². The molecule has 2 rings (SSSR count). The average Bonchev–Trinajstić information content (AvgIpc) is 2.84. The van der Waals surface area contributed by atoms with E-state index in [1.807, 2.05) is 0 Å². The van der Waals surface area contributed by atoms with Crippen molar-refractivity contribution >= 4 is 11.3 Å². The molecule has 0 unspecified atom stereocenters. The van der Waals surface area contributed by atoms with Gasteiger partial charge in [-0.3, -0.25) is 0 Å². The Morgan fingerprint density at radius 1 is 1.35 bits per heavy atom. The standard InChI is InChI=1S/C14H24N2S/c1-13-3-8-16(9-4-13)10-7-15-6-2-14-5-11-17-12-14/h5,11-13,15H,2-4,6-10H2,1H3. The maximum Gasteiger partial charge on any atom is 0.0107 e. The molecule has 3 heteroatoms. The number of piperidine rings is 1. The van der Waals surface area contributed by atoms with Crippen molar-refractivity contribution in [3.05, 3.63) is 22.4 Å². The zero-order valence-electron chi connectivity index (χ0n) is 10.8. The van der Waals surface area contributed by atoms with Crippen LogP contribution in [-0.4, -0.2) is 37.6 Å². The van der Waals surface area contributed by atoms with Gasteiger partial charge in [0.15, 0.2) is 0 Å². The molecule has 0 saturated carbocycles. The Morgan fingerprint density at radius 2 is 2.18 bits per heavy atom. The molecule has 0 spiro atoms. The van der Waals surface area contributed by atoms with Crippen LogP contribution in [0, 0.1) is 5.92 Å². The molecule has 0 aliphatic carbocycles. The predicted octanol–water partition coefficient (Wildman–Crippen LogP) is 2.61. The minimum atomic E-state index is 0.942. The molecule has 0 amide bonds. The Balaban J connectivity index is 1.49. The first kappa shape index (κ1) is 13.1. The monoisotopic (exact) mass is 252 g/mol. The molecule has 1 fully saturated rings. The van der Waals surface area contributed by atoms with Crippen LogP contribution in [0.1, 0.15) is 25.3 Å². The van der Waals surface area contributed by atoms with E-state index in [9.17, 15) is 0 Å². The van der Waals surface area contributed by atoms with Crippen LogP contribution in [0.25, 0.3) is 0 Å². The van der Waals surface area contributed by atoms with Crippen LogP contribution < -0.4 is 5.32 Å². The van der Waals surface area contributed by atoms with Gasteiger partial charge in [0.1, 0.15) is 0 Å². The first-order chi connectivity index (χ1) is 8.34. The molecule has 1 N–H and O–H groups in total. The summed E-state index contributed by atoms with van der Waals surface area (Å²) in [5, 5.41) is 7.95. The summed E-state index contributed by atoms with van der Waals surface area (Å²) in [5.41, 5.74) is 1.47. The Bertz CT molecular complexity index is 289. The molecule has 1 aromatic rings. The van der Waals surface area contributed by atoms with E-state index in [0.29, 0.717) is 0 Å². The lowest BCUT2D eigenvalue weighted by molar-refractivity contribution is 0.193. The largest absolute Gasteiger partial charge is 0.315 e. The smallest absolute Gasteiger partial charge is 0.0107 e. The van der Waals surface area contributed by atoms with E-state index in [2.05, 4.69) is 34.0 Å². The van der Waals surface area contributed by atoms with E-state index in [-0.39, 0.29) is 0 Å². The van der Waals surface area contributed by atoms with Crippen molar-refractivity contribution in [1.29, 1.82) is 0 Å². The fourth-order valence-electron chi connectivity index (χ4n) is 2.32. The summed E-state index contributed by atoms with van der Waals surface area (Å²) >= 11 is 1.79. The quantitative estimate of drug-likeness (QED) is 0.783. The number of hydrogen-bond donors (Lipinski definition) is 1. The summed E-state index contributed by atoms with van der Waals surface area (Å²) in [7, 11) is 0. The van der Waals surface area contributed by atoms with Crippen LogP contribution in [0.3, 0.4) is 0 Å². The van der Waals surface area contributed by atoms with Gasteiger partial charge in [-0.1, -0.05) is 6.92 Å². The maximum absolute atomic E-state index is 3.55. The average molecular weight is 252 g/mol. The Hall–Kier alpha value is -0.380. The van der Waals surface area contributed by atoms with Gasteiger partial charge in [0.05, 0.1) is 0 Å². The highest BCUT2D eigenvalue weighted by atomic mass is 32.1. The molecule has 2 nitrogen and oxygen atoms in total. The first-order valence-electron chi connectivity index (χ1n) is 6.79. The van der Waals surface area contributed by atoms with E-state index in [1.54, 1.807) is 11.3 Å². The van der Waals surface area contributed by atoms with Crippen molar-refractivity contribution in [2.45, 2.75) is 26.2 Å². The lowest BCUT2D eigenvalue weighted by atomic mass is 9.99. The number of thiophene rings is 1. The van der Waals surface area contributed by atoms with Crippen molar-refractivity contribution < 1.29 is 0 Å². The van der Waals surface area contributed by atoms with E-state index in [1.165, 1.54) is 44.5 Å². The number of nitrogens with zero attached hydrogens (tertiary/aromatic N) is 1. The van der Waals surface area contributed by atoms with Crippen molar-refractivity contribution in [3.63, 3.8) is 0 Å². The third-order valence-electron chi connectivity index (χ3n) is 3.65. The molecule has 17 heavy (non-hydrogen) atoms. The highest BCUT2D eigenvalue weighted by molar-refractivity contribution is 7.07. The van der Waals surface area contributed by atoms with Gasteiger partial charge in [-0.25, -0.2) is 0 Å². The lowest BCUT2D eigenvalue weighted by Crippen LogP contribution is -2.38. The third-order valence-corrected chi connectivity index (χ3v) is 4.38. The molecule has 2 heterocycles. The Labute approximate surface area is 109 Å². The van der Waals surface area contributed by atoms with Gasteiger partial charge < -0.3 is 10.2 Å². The molecule has 1 aromatic heterocycles. The SMILES string of the molecule is CC1CCN(CCNCCc2ccsc2)CC1. The molecule has 0 atom stereocenters. The molecular weight excluding hydrogens is 228 g/mol. The van der Waals surface area contributed by atoms with Gasteiger partial charge in [-0.2, -0.15) is 11.3 Å². The molecule has 1 aliphatic heterocycles. The molecule has 0 aromatic carbocycles. The molecule has 0 radical (unpaired) electrons.